The van der Waals surface area contributed by atoms with Gasteiger partial charge in [0.25, 0.3) is 5.69 Å². The number of aryl methyl sites for hydroxylation is 1. The molecule has 0 saturated carbocycles. The number of nitro benzene ring substituents is 1. The maximum absolute atomic E-state index is 10.6. The molecule has 0 aliphatic rings. The molecule has 0 saturated heterocycles. The van der Waals surface area contributed by atoms with Gasteiger partial charge < -0.3 is 5.32 Å². The molecule has 0 amide bonds. The molecule has 0 aliphatic carbocycles. The summed E-state index contributed by atoms with van der Waals surface area (Å²) in [5.41, 5.74) is 3.42. The summed E-state index contributed by atoms with van der Waals surface area (Å²) in [6, 6.07) is 4.37. The number of anilines is 1. The smallest absolute Gasteiger partial charge is 0.271 e. The van der Waals surface area contributed by atoms with Crippen LogP contribution in [-0.4, -0.2) is 9.91 Å². The van der Waals surface area contributed by atoms with E-state index in [9.17, 15) is 10.1 Å². The van der Waals surface area contributed by atoms with Crippen LogP contribution in [0.25, 0.3) is 0 Å². The van der Waals surface area contributed by atoms with Gasteiger partial charge in [-0.1, -0.05) is 11.6 Å². The zero-order chi connectivity index (χ0) is 13.1. The monoisotopic (exact) mass is 283 g/mol. The van der Waals surface area contributed by atoms with E-state index in [-0.39, 0.29) is 5.69 Å². The average molecular weight is 284 g/mol. The number of nitrogens with zero attached hydrogens (tertiary/aromatic N) is 2. The Bertz CT molecular complexity index is 585. The third-order valence-electron chi connectivity index (χ3n) is 2.45. The first-order valence-corrected chi connectivity index (χ1v) is 6.40. The van der Waals surface area contributed by atoms with Gasteiger partial charge in [-0.2, -0.15) is 0 Å². The van der Waals surface area contributed by atoms with E-state index in [1.54, 1.807) is 22.9 Å². The Kier molecular flexibility index (Phi) is 3.78. The van der Waals surface area contributed by atoms with E-state index >= 15 is 0 Å². The number of thiazole rings is 1. The van der Waals surface area contributed by atoms with Crippen LogP contribution in [0, 0.1) is 17.0 Å². The molecule has 5 nitrogen and oxygen atoms in total. The predicted molar refractivity (Wildman–Crippen MR) is 72.3 cm³/mol. The molecular formula is C11H10ClN3O2S. The average Bonchev–Trinajstić information content (AvgIpc) is 2.73. The van der Waals surface area contributed by atoms with Crippen LogP contribution in [0.1, 0.15) is 10.6 Å². The van der Waals surface area contributed by atoms with Gasteiger partial charge in [0.1, 0.15) is 0 Å². The minimum atomic E-state index is -0.469. The topological polar surface area (TPSA) is 68.1 Å². The lowest BCUT2D eigenvalue weighted by Crippen LogP contribution is -2.00. The molecule has 0 bridgehead atoms. The first-order chi connectivity index (χ1) is 8.58. The van der Waals surface area contributed by atoms with E-state index in [0.717, 1.165) is 10.6 Å². The molecule has 94 valence electrons. The number of benzene rings is 1. The largest absolute Gasteiger partial charge is 0.379 e. The summed E-state index contributed by atoms with van der Waals surface area (Å²) < 4.78 is 0. The summed E-state index contributed by atoms with van der Waals surface area (Å²) in [6.07, 6.45) is 0. The van der Waals surface area contributed by atoms with Crippen LogP contribution in [0.3, 0.4) is 0 Å². The number of nitro groups is 1. The van der Waals surface area contributed by atoms with Crippen LogP contribution in [0.2, 0.25) is 5.02 Å². The highest BCUT2D eigenvalue weighted by Gasteiger charge is 2.09. The third kappa shape index (κ3) is 2.77. The van der Waals surface area contributed by atoms with Gasteiger partial charge in [0.15, 0.2) is 0 Å². The number of aromatic nitrogens is 1. The fraction of sp³-hybridized carbons (Fsp3) is 0.182. The van der Waals surface area contributed by atoms with Crippen LogP contribution >= 0.6 is 22.9 Å². The van der Waals surface area contributed by atoms with Crippen molar-refractivity contribution in [1.82, 2.24) is 4.98 Å². The quantitative estimate of drug-likeness (QED) is 0.687. The summed E-state index contributed by atoms with van der Waals surface area (Å²) in [6.45, 7) is 2.54. The second-order valence-electron chi connectivity index (χ2n) is 3.64. The Morgan fingerprint density at radius 1 is 1.56 bits per heavy atom. The molecule has 1 aromatic heterocycles. The van der Waals surface area contributed by atoms with Gasteiger partial charge in [-0.25, -0.2) is 4.98 Å². The van der Waals surface area contributed by atoms with Crippen LogP contribution < -0.4 is 5.32 Å². The Morgan fingerprint density at radius 3 is 2.89 bits per heavy atom. The fourth-order valence-corrected chi connectivity index (χ4v) is 2.39. The molecular weight excluding hydrogens is 274 g/mol. The van der Waals surface area contributed by atoms with Crippen molar-refractivity contribution in [3.63, 3.8) is 0 Å². The first kappa shape index (κ1) is 12.8. The molecule has 0 unspecified atom stereocenters. The van der Waals surface area contributed by atoms with Crippen molar-refractivity contribution in [1.29, 1.82) is 0 Å². The summed E-state index contributed by atoms with van der Waals surface area (Å²) >= 11 is 7.53. The third-order valence-corrected chi connectivity index (χ3v) is 3.70. The fourth-order valence-electron chi connectivity index (χ4n) is 1.43. The van der Waals surface area contributed by atoms with E-state index in [4.69, 9.17) is 11.6 Å². The van der Waals surface area contributed by atoms with Crippen molar-refractivity contribution in [2.45, 2.75) is 13.5 Å². The Hall–Kier alpha value is -1.66. The minimum absolute atomic E-state index is 0.0143. The summed E-state index contributed by atoms with van der Waals surface area (Å²) in [5.74, 6) is 0. The number of rotatable bonds is 4. The van der Waals surface area contributed by atoms with Crippen LogP contribution in [0.5, 0.6) is 0 Å². The molecule has 2 rings (SSSR count). The molecule has 7 heteroatoms. The minimum Gasteiger partial charge on any atom is -0.379 e. The van der Waals surface area contributed by atoms with Crippen molar-refractivity contribution in [3.8, 4) is 0 Å². The Labute approximate surface area is 113 Å². The van der Waals surface area contributed by atoms with Gasteiger partial charge >= 0.3 is 0 Å². The van der Waals surface area contributed by atoms with Crippen molar-refractivity contribution < 1.29 is 4.92 Å². The van der Waals surface area contributed by atoms with E-state index in [1.165, 1.54) is 12.1 Å². The van der Waals surface area contributed by atoms with Crippen LogP contribution in [0.4, 0.5) is 11.4 Å². The molecule has 1 N–H and O–H groups in total. The van der Waals surface area contributed by atoms with Gasteiger partial charge in [0.05, 0.1) is 33.4 Å². The van der Waals surface area contributed by atoms with Gasteiger partial charge in [-0.05, 0) is 13.0 Å². The standard InChI is InChI=1S/C11H10ClN3O2S/c1-7-11(18-6-14-7)5-13-10-3-2-8(15(16)17)4-9(10)12/h2-4,6,13H,5H2,1H3. The second-order valence-corrected chi connectivity index (χ2v) is 4.98. The van der Waals surface area contributed by atoms with Gasteiger partial charge in [0.2, 0.25) is 0 Å². The maximum Gasteiger partial charge on any atom is 0.271 e. The van der Waals surface area contributed by atoms with Crippen molar-refractivity contribution >= 4 is 34.3 Å². The summed E-state index contributed by atoms with van der Waals surface area (Å²) in [5, 5.41) is 14.1. The van der Waals surface area contributed by atoms with E-state index in [0.29, 0.717) is 17.3 Å². The molecule has 1 aromatic carbocycles. The van der Waals surface area contributed by atoms with Crippen LogP contribution in [0.15, 0.2) is 23.7 Å². The Morgan fingerprint density at radius 2 is 2.33 bits per heavy atom. The number of non-ortho nitro benzene ring substituents is 1. The van der Waals surface area contributed by atoms with Crippen molar-refractivity contribution in [3.05, 3.63) is 49.4 Å². The molecule has 0 atom stereocenters. The Balaban J connectivity index is 2.11. The van der Waals surface area contributed by atoms with E-state index in [2.05, 4.69) is 10.3 Å². The number of hydrogen-bond donors (Lipinski definition) is 1. The lowest BCUT2D eigenvalue weighted by Gasteiger charge is -2.07. The highest BCUT2D eigenvalue weighted by atomic mass is 35.5. The van der Waals surface area contributed by atoms with Crippen molar-refractivity contribution in [2.75, 3.05) is 5.32 Å². The number of nitrogens with one attached hydrogen (secondary N) is 1. The molecule has 0 fully saturated rings. The first-order valence-electron chi connectivity index (χ1n) is 5.14. The van der Waals surface area contributed by atoms with Crippen LogP contribution in [-0.2, 0) is 6.54 Å². The lowest BCUT2D eigenvalue weighted by molar-refractivity contribution is -0.384. The van der Waals surface area contributed by atoms with Crippen molar-refractivity contribution in [2.24, 2.45) is 0 Å². The van der Waals surface area contributed by atoms with Gasteiger partial charge in [-0.15, -0.1) is 11.3 Å². The predicted octanol–water partition coefficient (Wildman–Crippen LogP) is 3.63. The highest BCUT2D eigenvalue weighted by Crippen LogP contribution is 2.27. The maximum atomic E-state index is 10.6. The molecule has 1 heterocycles. The van der Waals surface area contributed by atoms with Gasteiger partial charge in [0, 0.05) is 17.0 Å². The highest BCUT2D eigenvalue weighted by molar-refractivity contribution is 7.09. The molecule has 0 aliphatic heterocycles. The summed E-state index contributed by atoms with van der Waals surface area (Å²) in [7, 11) is 0. The van der Waals surface area contributed by atoms with Gasteiger partial charge in [-0.3, -0.25) is 10.1 Å². The SMILES string of the molecule is Cc1ncsc1CNc1ccc([N+](=O)[O-])cc1Cl. The second kappa shape index (κ2) is 5.32. The number of halogens is 1. The summed E-state index contributed by atoms with van der Waals surface area (Å²) in [4.78, 5) is 15.4. The zero-order valence-electron chi connectivity index (χ0n) is 9.51. The molecule has 0 spiro atoms. The van der Waals surface area contributed by atoms with E-state index < -0.39 is 4.92 Å². The normalized spacial score (nSPS) is 10.3. The zero-order valence-corrected chi connectivity index (χ0v) is 11.1. The lowest BCUT2D eigenvalue weighted by atomic mass is 10.2. The van der Waals surface area contributed by atoms with E-state index in [1.807, 2.05) is 6.92 Å². The molecule has 18 heavy (non-hydrogen) atoms. The molecule has 2 aromatic rings. The number of hydrogen-bond acceptors (Lipinski definition) is 5. The molecule has 0 radical (unpaired) electrons.